The molecule has 0 unspecified atom stereocenters. The van der Waals surface area contributed by atoms with Gasteiger partial charge in [-0.15, -0.1) is 0 Å². The Morgan fingerprint density at radius 1 is 1.53 bits per heavy atom. The molecule has 0 spiro atoms. The monoisotopic (exact) mass is 278 g/mol. The van der Waals surface area contributed by atoms with Crippen molar-refractivity contribution in [3.63, 3.8) is 0 Å². The summed E-state index contributed by atoms with van der Waals surface area (Å²) in [5.41, 5.74) is 0.651. The summed E-state index contributed by atoms with van der Waals surface area (Å²) >= 11 is 1.52. The second kappa shape index (κ2) is 7.44. The molecule has 2 N–H and O–H groups in total. The first-order valence-corrected chi connectivity index (χ1v) is 7.00. The van der Waals surface area contributed by atoms with Gasteiger partial charge in [-0.3, -0.25) is 4.79 Å². The Balaban J connectivity index is 2.76. The van der Waals surface area contributed by atoms with E-state index in [2.05, 4.69) is 5.32 Å². The normalized spacial score (nSPS) is 11.4. The zero-order valence-corrected chi connectivity index (χ0v) is 11.2. The largest absolute Gasteiger partial charge is 0.480 e. The Morgan fingerprint density at radius 2 is 2.26 bits per heavy atom. The van der Waals surface area contributed by atoms with Crippen molar-refractivity contribution >= 4 is 23.6 Å². The van der Waals surface area contributed by atoms with Gasteiger partial charge in [-0.2, -0.15) is 17.0 Å². The summed E-state index contributed by atoms with van der Waals surface area (Å²) in [6.45, 7) is 0. The van der Waals surface area contributed by atoms with E-state index in [1.807, 2.05) is 12.3 Å². The highest BCUT2D eigenvalue weighted by Crippen LogP contribution is 2.06. The summed E-state index contributed by atoms with van der Waals surface area (Å²) < 4.78 is 0. The van der Waals surface area contributed by atoms with Crippen LogP contribution in [-0.4, -0.2) is 35.0 Å². The second-order valence-electron chi connectivity index (χ2n) is 3.84. The number of nitrogens with one attached hydrogen (secondary N) is 1. The molecule has 5 nitrogen and oxygen atoms in total. The number of rotatable bonds is 6. The van der Waals surface area contributed by atoms with Crippen LogP contribution in [0, 0.1) is 11.3 Å². The quantitative estimate of drug-likeness (QED) is 0.823. The fraction of sp³-hybridized carbons (Fsp3) is 0.308. The Kier molecular flexibility index (Phi) is 5.90. The van der Waals surface area contributed by atoms with Crippen LogP contribution in [-0.2, 0) is 4.79 Å². The topological polar surface area (TPSA) is 90.2 Å². The van der Waals surface area contributed by atoms with Crippen molar-refractivity contribution in [2.75, 3.05) is 12.0 Å². The van der Waals surface area contributed by atoms with Crippen molar-refractivity contribution in [3.05, 3.63) is 35.4 Å². The average Bonchev–Trinajstić information content (AvgIpc) is 2.42. The van der Waals surface area contributed by atoms with Crippen LogP contribution in [0.15, 0.2) is 24.3 Å². The molecule has 100 valence electrons. The lowest BCUT2D eigenvalue weighted by molar-refractivity contribution is -0.139. The van der Waals surface area contributed by atoms with Gasteiger partial charge in [0.25, 0.3) is 5.91 Å². The maximum absolute atomic E-state index is 11.9. The van der Waals surface area contributed by atoms with Gasteiger partial charge in [0, 0.05) is 5.56 Å². The first kappa shape index (κ1) is 15.1. The summed E-state index contributed by atoms with van der Waals surface area (Å²) in [4.78, 5) is 22.9. The van der Waals surface area contributed by atoms with Crippen LogP contribution in [0.4, 0.5) is 0 Å². The van der Waals surface area contributed by atoms with Gasteiger partial charge in [-0.05, 0) is 36.6 Å². The molecular formula is C13H14N2O3S. The molecule has 0 heterocycles. The van der Waals surface area contributed by atoms with Gasteiger partial charge < -0.3 is 10.4 Å². The van der Waals surface area contributed by atoms with Crippen LogP contribution in [0.5, 0.6) is 0 Å². The number of carbonyl (C=O) groups is 2. The minimum atomic E-state index is -1.06. The zero-order chi connectivity index (χ0) is 14.3. The molecule has 1 amide bonds. The number of nitriles is 1. The fourth-order valence-electron chi connectivity index (χ4n) is 1.46. The molecule has 6 heteroatoms. The van der Waals surface area contributed by atoms with Gasteiger partial charge >= 0.3 is 5.97 Å². The number of amides is 1. The van der Waals surface area contributed by atoms with E-state index in [4.69, 9.17) is 10.4 Å². The van der Waals surface area contributed by atoms with Gasteiger partial charge in [-0.1, -0.05) is 6.07 Å². The van der Waals surface area contributed by atoms with E-state index in [9.17, 15) is 9.59 Å². The minimum absolute atomic E-state index is 0.287. The van der Waals surface area contributed by atoms with E-state index in [0.717, 1.165) is 0 Å². The molecule has 0 fully saturated rings. The standard InChI is InChI=1S/C13H14N2O3S/c1-19-6-5-11(13(17)18)15-12(16)10-4-2-3-9(7-10)8-14/h2-4,7,11H,5-6H2,1H3,(H,15,16)(H,17,18)/t11-/m1/s1. The van der Waals surface area contributed by atoms with Crippen molar-refractivity contribution in [1.82, 2.24) is 5.32 Å². The van der Waals surface area contributed by atoms with Crippen LogP contribution < -0.4 is 5.32 Å². The summed E-state index contributed by atoms with van der Waals surface area (Å²) in [6.07, 6.45) is 2.23. The third kappa shape index (κ3) is 4.64. The number of thioether (sulfide) groups is 1. The first-order valence-electron chi connectivity index (χ1n) is 5.61. The maximum Gasteiger partial charge on any atom is 0.326 e. The highest BCUT2D eigenvalue weighted by atomic mass is 32.2. The van der Waals surface area contributed by atoms with Gasteiger partial charge in [0.15, 0.2) is 0 Å². The molecule has 1 rings (SSSR count). The number of carboxylic acid groups (broad SMARTS) is 1. The molecule has 0 radical (unpaired) electrons. The molecule has 0 aliphatic heterocycles. The molecule has 0 bridgehead atoms. The third-order valence-electron chi connectivity index (χ3n) is 2.47. The summed E-state index contributed by atoms with van der Waals surface area (Å²) in [5, 5.41) is 20.2. The van der Waals surface area contributed by atoms with Gasteiger partial charge in [-0.25, -0.2) is 4.79 Å². The molecule has 0 saturated heterocycles. The van der Waals surface area contributed by atoms with Crippen molar-refractivity contribution < 1.29 is 14.7 Å². The van der Waals surface area contributed by atoms with E-state index >= 15 is 0 Å². The second-order valence-corrected chi connectivity index (χ2v) is 4.82. The first-order chi connectivity index (χ1) is 9.08. The van der Waals surface area contributed by atoms with Gasteiger partial charge in [0.1, 0.15) is 6.04 Å². The highest BCUT2D eigenvalue weighted by Gasteiger charge is 2.20. The number of aliphatic carboxylic acids is 1. The number of hydrogen-bond donors (Lipinski definition) is 2. The molecule has 0 aromatic heterocycles. The van der Waals surface area contributed by atoms with Crippen LogP contribution in [0.25, 0.3) is 0 Å². The van der Waals surface area contributed by atoms with Crippen molar-refractivity contribution in [2.24, 2.45) is 0 Å². The van der Waals surface area contributed by atoms with Crippen molar-refractivity contribution in [2.45, 2.75) is 12.5 Å². The Hall–Kier alpha value is -2.00. The molecule has 1 aromatic rings. The van der Waals surface area contributed by atoms with Crippen LogP contribution in [0.2, 0.25) is 0 Å². The van der Waals surface area contributed by atoms with Crippen LogP contribution in [0.3, 0.4) is 0 Å². The van der Waals surface area contributed by atoms with Crippen LogP contribution in [0.1, 0.15) is 22.3 Å². The Morgan fingerprint density at radius 3 is 2.84 bits per heavy atom. The lowest BCUT2D eigenvalue weighted by Crippen LogP contribution is -2.41. The van der Waals surface area contributed by atoms with Gasteiger partial charge in [0.2, 0.25) is 0 Å². The highest BCUT2D eigenvalue weighted by molar-refractivity contribution is 7.98. The van der Waals surface area contributed by atoms with E-state index < -0.39 is 17.9 Å². The smallest absolute Gasteiger partial charge is 0.326 e. The number of nitrogens with zero attached hydrogens (tertiary/aromatic N) is 1. The SMILES string of the molecule is CSCC[C@@H](NC(=O)c1cccc(C#N)c1)C(=O)O. The Labute approximate surface area is 115 Å². The fourth-order valence-corrected chi connectivity index (χ4v) is 1.94. The van der Waals surface area contributed by atoms with E-state index in [-0.39, 0.29) is 5.56 Å². The molecule has 19 heavy (non-hydrogen) atoms. The van der Waals surface area contributed by atoms with Gasteiger partial charge in [0.05, 0.1) is 11.6 Å². The number of carboxylic acids is 1. The predicted octanol–water partition coefficient (Wildman–Crippen LogP) is 1.49. The van der Waals surface area contributed by atoms with E-state index in [0.29, 0.717) is 17.7 Å². The van der Waals surface area contributed by atoms with E-state index in [1.54, 1.807) is 18.2 Å². The molecule has 1 atom stereocenters. The minimum Gasteiger partial charge on any atom is -0.480 e. The molecule has 0 saturated carbocycles. The molecule has 0 aliphatic rings. The maximum atomic E-state index is 11.9. The molecular weight excluding hydrogens is 264 g/mol. The Bertz CT molecular complexity index is 511. The van der Waals surface area contributed by atoms with Crippen molar-refractivity contribution in [1.29, 1.82) is 5.26 Å². The number of carbonyl (C=O) groups excluding carboxylic acids is 1. The summed E-state index contributed by atoms with van der Waals surface area (Å²) in [6, 6.07) is 7.17. The van der Waals surface area contributed by atoms with E-state index in [1.165, 1.54) is 17.8 Å². The predicted molar refractivity (Wildman–Crippen MR) is 73.0 cm³/mol. The summed E-state index contributed by atoms with van der Waals surface area (Å²) in [5.74, 6) is -0.889. The lowest BCUT2D eigenvalue weighted by Gasteiger charge is -2.13. The number of benzene rings is 1. The van der Waals surface area contributed by atoms with Crippen LogP contribution >= 0.6 is 11.8 Å². The third-order valence-corrected chi connectivity index (χ3v) is 3.11. The van der Waals surface area contributed by atoms with Crippen molar-refractivity contribution in [3.8, 4) is 6.07 Å². The molecule has 0 aliphatic carbocycles. The number of hydrogen-bond acceptors (Lipinski definition) is 4. The average molecular weight is 278 g/mol. The zero-order valence-electron chi connectivity index (χ0n) is 10.4. The summed E-state index contributed by atoms with van der Waals surface area (Å²) in [7, 11) is 0. The lowest BCUT2D eigenvalue weighted by atomic mass is 10.1. The molecule has 1 aromatic carbocycles.